The van der Waals surface area contributed by atoms with Crippen LogP contribution in [0.3, 0.4) is 0 Å². The van der Waals surface area contributed by atoms with Crippen molar-refractivity contribution in [1.29, 1.82) is 0 Å². The second-order valence-electron chi connectivity index (χ2n) is 6.69. The van der Waals surface area contributed by atoms with Gasteiger partial charge in [-0.15, -0.1) is 13.2 Å². The highest BCUT2D eigenvalue weighted by Gasteiger charge is 2.30. The van der Waals surface area contributed by atoms with Crippen molar-refractivity contribution in [2.24, 2.45) is 0 Å². The summed E-state index contributed by atoms with van der Waals surface area (Å²) in [5, 5.41) is 11.3. The number of hydrogen-bond donors (Lipinski definition) is 4. The quantitative estimate of drug-likeness (QED) is 0.449. The lowest BCUT2D eigenvalue weighted by molar-refractivity contribution is -0.274. The van der Waals surface area contributed by atoms with Crippen molar-refractivity contribution in [3.05, 3.63) is 36.0 Å². The zero-order chi connectivity index (χ0) is 22.1. The predicted octanol–water partition coefficient (Wildman–Crippen LogP) is 4.16. The van der Waals surface area contributed by atoms with Crippen LogP contribution < -0.4 is 26.0 Å². The van der Waals surface area contributed by atoms with Crippen LogP contribution in [0.1, 0.15) is 31.9 Å². The minimum absolute atomic E-state index is 0.117. The van der Waals surface area contributed by atoms with E-state index in [0.29, 0.717) is 12.4 Å². The van der Waals surface area contributed by atoms with E-state index in [1.165, 1.54) is 12.1 Å². The highest BCUT2D eigenvalue weighted by atomic mass is 19.4. The molecule has 0 aliphatic rings. The maximum atomic E-state index is 12.2. The number of rotatable bonds is 9. The molecule has 30 heavy (non-hydrogen) atoms. The standard InChI is InChI=1S/C19H25F3N6O2/c1-12(2)15-11-16(24-10-4-9-23-3)27-17(26-15)28-18(29)25-13-5-7-14(8-6-13)30-19(20,21)22/h5-8,11-12,23H,4,9-10H2,1-3H3,(H3,24,25,26,27,28,29). The van der Waals surface area contributed by atoms with Gasteiger partial charge in [-0.1, -0.05) is 13.8 Å². The van der Waals surface area contributed by atoms with Gasteiger partial charge >= 0.3 is 12.4 Å². The molecule has 0 unspecified atom stereocenters. The smallest absolute Gasteiger partial charge is 0.406 e. The molecule has 0 aliphatic heterocycles. The first-order valence-electron chi connectivity index (χ1n) is 9.37. The largest absolute Gasteiger partial charge is 0.573 e. The number of urea groups is 1. The van der Waals surface area contributed by atoms with Crippen molar-refractivity contribution >= 4 is 23.5 Å². The van der Waals surface area contributed by atoms with Crippen LogP contribution in [0, 0.1) is 0 Å². The molecule has 0 aliphatic carbocycles. The minimum atomic E-state index is -4.77. The summed E-state index contributed by atoms with van der Waals surface area (Å²) < 4.78 is 40.4. The van der Waals surface area contributed by atoms with Crippen molar-refractivity contribution in [3.8, 4) is 5.75 Å². The van der Waals surface area contributed by atoms with E-state index >= 15 is 0 Å². The number of alkyl halides is 3. The molecule has 1 aromatic carbocycles. The maximum Gasteiger partial charge on any atom is 0.573 e. The summed E-state index contributed by atoms with van der Waals surface area (Å²) in [4.78, 5) is 20.9. The van der Waals surface area contributed by atoms with Gasteiger partial charge in [0.05, 0.1) is 5.69 Å². The van der Waals surface area contributed by atoms with Crippen molar-refractivity contribution in [2.45, 2.75) is 32.5 Å². The normalized spacial score (nSPS) is 11.3. The second kappa shape index (κ2) is 10.6. The topological polar surface area (TPSA) is 100 Å². The number of aromatic nitrogens is 2. The maximum absolute atomic E-state index is 12.2. The fourth-order valence-electron chi connectivity index (χ4n) is 2.39. The Morgan fingerprint density at radius 2 is 1.80 bits per heavy atom. The van der Waals surface area contributed by atoms with Crippen LogP contribution in [0.25, 0.3) is 0 Å². The summed E-state index contributed by atoms with van der Waals surface area (Å²) in [6.45, 7) is 5.51. The Labute approximate surface area is 172 Å². The average molecular weight is 426 g/mol. The third-order valence-electron chi connectivity index (χ3n) is 3.82. The molecular weight excluding hydrogens is 401 g/mol. The van der Waals surface area contributed by atoms with Gasteiger partial charge in [0.15, 0.2) is 0 Å². The summed E-state index contributed by atoms with van der Waals surface area (Å²) in [5.41, 5.74) is 1.04. The number of amides is 2. The molecule has 0 radical (unpaired) electrons. The molecule has 0 bridgehead atoms. The number of nitrogens with one attached hydrogen (secondary N) is 4. The van der Waals surface area contributed by atoms with E-state index in [1.807, 2.05) is 27.0 Å². The summed E-state index contributed by atoms with van der Waals surface area (Å²) >= 11 is 0. The van der Waals surface area contributed by atoms with E-state index in [-0.39, 0.29) is 23.3 Å². The number of anilines is 3. The summed E-state index contributed by atoms with van der Waals surface area (Å²) in [5.74, 6) is 0.451. The SMILES string of the molecule is CNCCCNc1cc(C(C)C)nc(NC(=O)Nc2ccc(OC(F)(F)F)cc2)n1. The van der Waals surface area contributed by atoms with Gasteiger partial charge in [0.2, 0.25) is 5.95 Å². The van der Waals surface area contributed by atoms with Crippen LogP contribution in [0.4, 0.5) is 35.4 Å². The van der Waals surface area contributed by atoms with Gasteiger partial charge in [0.25, 0.3) is 0 Å². The lowest BCUT2D eigenvalue weighted by atomic mass is 10.1. The van der Waals surface area contributed by atoms with E-state index < -0.39 is 12.4 Å². The molecule has 0 atom stereocenters. The van der Waals surface area contributed by atoms with Crippen LogP contribution in [-0.2, 0) is 0 Å². The average Bonchev–Trinajstić information content (AvgIpc) is 2.65. The Kier molecular flexibility index (Phi) is 8.22. The van der Waals surface area contributed by atoms with Crippen LogP contribution in [-0.4, -0.2) is 42.5 Å². The Morgan fingerprint density at radius 1 is 1.10 bits per heavy atom. The predicted molar refractivity (Wildman–Crippen MR) is 109 cm³/mol. The summed E-state index contributed by atoms with van der Waals surface area (Å²) in [6.07, 6.45) is -3.88. The van der Waals surface area contributed by atoms with Crippen molar-refractivity contribution in [2.75, 3.05) is 36.1 Å². The van der Waals surface area contributed by atoms with Crippen LogP contribution >= 0.6 is 0 Å². The van der Waals surface area contributed by atoms with Crippen molar-refractivity contribution in [3.63, 3.8) is 0 Å². The summed E-state index contributed by atoms with van der Waals surface area (Å²) in [6, 6.07) is 5.99. The van der Waals surface area contributed by atoms with E-state index in [1.54, 1.807) is 0 Å². The van der Waals surface area contributed by atoms with Crippen molar-refractivity contribution < 1.29 is 22.7 Å². The number of carbonyl (C=O) groups is 1. The minimum Gasteiger partial charge on any atom is -0.406 e. The molecule has 0 fully saturated rings. The highest BCUT2D eigenvalue weighted by molar-refractivity contribution is 5.98. The molecule has 11 heteroatoms. The third-order valence-corrected chi connectivity index (χ3v) is 3.82. The van der Waals surface area contributed by atoms with Crippen LogP contribution in [0.5, 0.6) is 5.75 Å². The molecule has 2 rings (SSSR count). The van der Waals surface area contributed by atoms with Gasteiger partial charge in [0, 0.05) is 18.3 Å². The Balaban J connectivity index is 2.01. The van der Waals surface area contributed by atoms with Crippen LogP contribution in [0.15, 0.2) is 30.3 Å². The van der Waals surface area contributed by atoms with Crippen molar-refractivity contribution in [1.82, 2.24) is 15.3 Å². The number of hydrogen-bond acceptors (Lipinski definition) is 6. The summed E-state index contributed by atoms with van der Waals surface area (Å²) in [7, 11) is 1.87. The van der Waals surface area contributed by atoms with Gasteiger partial charge in [-0.25, -0.2) is 9.78 Å². The zero-order valence-electron chi connectivity index (χ0n) is 16.9. The van der Waals surface area contributed by atoms with Gasteiger partial charge < -0.3 is 20.7 Å². The number of halogens is 3. The Bertz CT molecular complexity index is 828. The molecule has 1 aromatic heterocycles. The first kappa shape index (κ1) is 23.2. The Hall–Kier alpha value is -3.08. The monoisotopic (exact) mass is 426 g/mol. The molecule has 4 N–H and O–H groups in total. The van der Waals surface area contributed by atoms with E-state index in [0.717, 1.165) is 30.8 Å². The molecular formula is C19H25F3N6O2. The van der Waals surface area contributed by atoms with Gasteiger partial charge in [-0.2, -0.15) is 4.98 Å². The lowest BCUT2D eigenvalue weighted by Gasteiger charge is -2.13. The van der Waals surface area contributed by atoms with Gasteiger partial charge in [-0.05, 0) is 50.2 Å². The van der Waals surface area contributed by atoms with E-state index in [2.05, 4.69) is 36.0 Å². The fourth-order valence-corrected chi connectivity index (χ4v) is 2.39. The van der Waals surface area contributed by atoms with Gasteiger partial charge in [0.1, 0.15) is 11.6 Å². The molecule has 164 valence electrons. The molecule has 0 saturated carbocycles. The number of ether oxygens (including phenoxy) is 1. The highest BCUT2D eigenvalue weighted by Crippen LogP contribution is 2.24. The molecule has 0 saturated heterocycles. The first-order chi connectivity index (χ1) is 14.2. The zero-order valence-corrected chi connectivity index (χ0v) is 16.9. The fraction of sp³-hybridized carbons (Fsp3) is 0.421. The molecule has 0 spiro atoms. The molecule has 1 heterocycles. The Morgan fingerprint density at radius 3 is 2.40 bits per heavy atom. The number of benzene rings is 1. The third kappa shape index (κ3) is 8.11. The number of nitrogens with zero attached hydrogens (tertiary/aromatic N) is 2. The second-order valence-corrected chi connectivity index (χ2v) is 6.69. The van der Waals surface area contributed by atoms with Gasteiger partial charge in [-0.3, -0.25) is 5.32 Å². The van der Waals surface area contributed by atoms with E-state index in [9.17, 15) is 18.0 Å². The van der Waals surface area contributed by atoms with Crippen LogP contribution in [0.2, 0.25) is 0 Å². The first-order valence-corrected chi connectivity index (χ1v) is 9.37. The molecule has 2 amide bonds. The molecule has 2 aromatic rings. The number of carbonyl (C=O) groups excluding carboxylic acids is 1. The molecule has 8 nitrogen and oxygen atoms in total. The lowest BCUT2D eigenvalue weighted by Crippen LogP contribution is -2.22. The van der Waals surface area contributed by atoms with E-state index in [4.69, 9.17) is 0 Å².